The number of para-hydroxylation sites is 1. The van der Waals surface area contributed by atoms with E-state index in [1.807, 2.05) is 54.6 Å². The molecule has 4 rings (SSSR count). The van der Waals surface area contributed by atoms with Crippen LogP contribution in [0.2, 0.25) is 5.02 Å². The van der Waals surface area contributed by atoms with E-state index in [9.17, 15) is 4.79 Å². The molecule has 0 bridgehead atoms. The minimum absolute atomic E-state index is 0.0474. The number of anilines is 3. The van der Waals surface area contributed by atoms with Gasteiger partial charge in [0.2, 0.25) is 0 Å². The van der Waals surface area contributed by atoms with E-state index in [4.69, 9.17) is 28.2 Å². The molecule has 0 aliphatic rings. The highest BCUT2D eigenvalue weighted by atomic mass is 35.5. The Morgan fingerprint density at radius 3 is 2.16 bits per heavy atom. The Balaban J connectivity index is 1.96. The van der Waals surface area contributed by atoms with Crippen molar-refractivity contribution in [1.29, 1.82) is 0 Å². The highest BCUT2D eigenvalue weighted by molar-refractivity contribution is 6.30. The first-order valence-electron chi connectivity index (χ1n) is 10.3. The molecule has 3 aromatic carbocycles. The summed E-state index contributed by atoms with van der Waals surface area (Å²) in [5.41, 5.74) is 9.03. The van der Waals surface area contributed by atoms with Crippen molar-refractivity contribution in [3.63, 3.8) is 0 Å². The zero-order chi connectivity index (χ0) is 22.8. The number of halogens is 1. The lowest BCUT2D eigenvalue weighted by atomic mass is 10.0. The van der Waals surface area contributed by atoms with Crippen LogP contribution in [0.5, 0.6) is 0 Å². The number of rotatable bonds is 5. The molecule has 0 atom stereocenters. The van der Waals surface area contributed by atoms with Gasteiger partial charge in [-0.2, -0.15) is 0 Å². The first-order chi connectivity index (χ1) is 15.4. The number of nitrogens with two attached hydrogens (primary N) is 2. The van der Waals surface area contributed by atoms with Crippen LogP contribution in [0.25, 0.3) is 17.1 Å². The van der Waals surface area contributed by atoms with Crippen molar-refractivity contribution in [3.05, 3.63) is 99.8 Å². The van der Waals surface area contributed by atoms with Gasteiger partial charge >= 0.3 is 0 Å². The monoisotopic (exact) mass is 445 g/mol. The second kappa shape index (κ2) is 8.86. The zero-order valence-electron chi connectivity index (χ0n) is 17.9. The molecule has 7 heteroatoms. The van der Waals surface area contributed by atoms with Gasteiger partial charge in [-0.05, 0) is 47.9 Å². The van der Waals surface area contributed by atoms with Crippen LogP contribution in [-0.4, -0.2) is 9.55 Å². The van der Waals surface area contributed by atoms with Crippen molar-refractivity contribution in [3.8, 4) is 17.1 Å². The van der Waals surface area contributed by atoms with Gasteiger partial charge in [0.05, 0.1) is 11.4 Å². The van der Waals surface area contributed by atoms with Crippen LogP contribution in [-0.2, 0) is 0 Å². The molecule has 0 fully saturated rings. The Labute approximate surface area is 191 Å². The molecule has 0 aliphatic heterocycles. The van der Waals surface area contributed by atoms with Gasteiger partial charge in [-0.15, -0.1) is 0 Å². The van der Waals surface area contributed by atoms with Crippen molar-refractivity contribution >= 4 is 28.8 Å². The molecule has 0 saturated carbocycles. The van der Waals surface area contributed by atoms with Gasteiger partial charge in [-0.3, -0.25) is 14.4 Å². The lowest BCUT2D eigenvalue weighted by Gasteiger charge is -2.22. The molecule has 0 saturated heterocycles. The standard InChI is InChI=1S/C25H24ClN5O/c1-16(2)17-8-10-18(11-9-17)23-29-24(31(28)21-6-4-3-5-7-21)22(27)25(32)30(23)20-14-12-19(26)13-15-20/h3-16H,27-28H2,1-2H3. The molecular weight excluding hydrogens is 422 g/mol. The summed E-state index contributed by atoms with van der Waals surface area (Å²) >= 11 is 6.06. The van der Waals surface area contributed by atoms with Crippen LogP contribution in [0.15, 0.2) is 83.7 Å². The van der Waals surface area contributed by atoms with Crippen LogP contribution in [0.1, 0.15) is 25.3 Å². The smallest absolute Gasteiger partial charge is 0.283 e. The average Bonchev–Trinajstić information content (AvgIpc) is 2.81. The molecule has 0 spiro atoms. The second-order valence-corrected chi connectivity index (χ2v) is 8.21. The van der Waals surface area contributed by atoms with Crippen molar-refractivity contribution in [2.75, 3.05) is 10.7 Å². The van der Waals surface area contributed by atoms with Crippen LogP contribution in [0.4, 0.5) is 17.2 Å². The summed E-state index contributed by atoms with van der Waals surface area (Å²) in [6, 6.07) is 24.2. The van der Waals surface area contributed by atoms with Crippen LogP contribution in [0.3, 0.4) is 0 Å². The number of hydrogen-bond acceptors (Lipinski definition) is 5. The van der Waals surface area contributed by atoms with Crippen molar-refractivity contribution < 1.29 is 0 Å². The normalized spacial score (nSPS) is 11.0. The molecule has 4 aromatic rings. The van der Waals surface area contributed by atoms with Gasteiger partial charge in [0.25, 0.3) is 5.56 Å². The summed E-state index contributed by atoms with van der Waals surface area (Å²) in [4.78, 5) is 18.2. The maximum absolute atomic E-state index is 13.5. The van der Waals surface area contributed by atoms with Gasteiger partial charge in [0.15, 0.2) is 5.82 Å². The lowest BCUT2D eigenvalue weighted by Crippen LogP contribution is -2.33. The highest BCUT2D eigenvalue weighted by Crippen LogP contribution is 2.29. The minimum Gasteiger partial charge on any atom is -0.391 e. The van der Waals surface area contributed by atoms with Gasteiger partial charge in [0.1, 0.15) is 11.5 Å². The number of aromatic nitrogens is 2. The van der Waals surface area contributed by atoms with Gasteiger partial charge in [-0.25, -0.2) is 10.8 Å². The van der Waals surface area contributed by atoms with Crippen LogP contribution in [0, 0.1) is 0 Å². The fraction of sp³-hybridized carbons (Fsp3) is 0.120. The first-order valence-corrected chi connectivity index (χ1v) is 10.6. The molecule has 6 nitrogen and oxygen atoms in total. The molecule has 1 heterocycles. The summed E-state index contributed by atoms with van der Waals surface area (Å²) in [7, 11) is 0. The zero-order valence-corrected chi connectivity index (χ0v) is 18.6. The van der Waals surface area contributed by atoms with Gasteiger partial charge in [0, 0.05) is 10.6 Å². The van der Waals surface area contributed by atoms with Crippen LogP contribution < -0.4 is 22.1 Å². The number of benzene rings is 3. The molecule has 1 aromatic heterocycles. The third kappa shape index (κ3) is 4.10. The molecule has 0 aliphatic carbocycles. The Morgan fingerprint density at radius 2 is 1.56 bits per heavy atom. The molecule has 4 N–H and O–H groups in total. The topological polar surface area (TPSA) is 90.2 Å². The van der Waals surface area contributed by atoms with E-state index < -0.39 is 5.56 Å². The summed E-state index contributed by atoms with van der Waals surface area (Å²) in [5, 5.41) is 1.90. The molecule has 162 valence electrons. The van der Waals surface area contributed by atoms with E-state index in [0.29, 0.717) is 28.1 Å². The Bertz CT molecular complexity index is 1280. The number of nitrogen functional groups attached to an aromatic ring is 1. The van der Waals surface area contributed by atoms with Gasteiger partial charge in [-0.1, -0.05) is 67.9 Å². The predicted molar refractivity (Wildman–Crippen MR) is 132 cm³/mol. The maximum Gasteiger partial charge on any atom is 0.283 e. The maximum atomic E-state index is 13.5. The number of nitrogens with zero attached hydrogens (tertiary/aromatic N) is 3. The van der Waals surface area contributed by atoms with Crippen molar-refractivity contribution in [1.82, 2.24) is 9.55 Å². The molecule has 0 unspecified atom stereocenters. The number of hydrogen-bond donors (Lipinski definition) is 2. The molecule has 0 radical (unpaired) electrons. The van der Waals surface area contributed by atoms with E-state index in [1.165, 1.54) is 15.1 Å². The minimum atomic E-state index is -0.411. The molecular formula is C25H24ClN5O. The van der Waals surface area contributed by atoms with E-state index in [-0.39, 0.29) is 11.5 Å². The van der Waals surface area contributed by atoms with E-state index in [2.05, 4.69) is 13.8 Å². The SMILES string of the molecule is CC(C)c1ccc(-c2nc(N(N)c3ccccc3)c(N)c(=O)n2-c2ccc(Cl)cc2)cc1. The fourth-order valence-electron chi connectivity index (χ4n) is 3.46. The number of hydrazine groups is 1. The van der Waals surface area contributed by atoms with E-state index >= 15 is 0 Å². The largest absolute Gasteiger partial charge is 0.391 e. The summed E-state index contributed by atoms with van der Waals surface area (Å²) < 4.78 is 1.48. The average molecular weight is 446 g/mol. The van der Waals surface area contributed by atoms with Crippen molar-refractivity contribution in [2.24, 2.45) is 5.84 Å². The Hall–Kier alpha value is -3.61. The summed E-state index contributed by atoms with van der Waals surface area (Å²) in [6.45, 7) is 4.26. The quantitative estimate of drug-likeness (QED) is 0.322. The second-order valence-electron chi connectivity index (χ2n) is 7.77. The highest BCUT2D eigenvalue weighted by Gasteiger charge is 2.21. The van der Waals surface area contributed by atoms with E-state index in [1.54, 1.807) is 24.3 Å². The third-order valence-corrected chi connectivity index (χ3v) is 5.53. The fourth-order valence-corrected chi connectivity index (χ4v) is 3.58. The lowest BCUT2D eigenvalue weighted by molar-refractivity contribution is 0.866. The molecule has 32 heavy (non-hydrogen) atoms. The predicted octanol–water partition coefficient (Wildman–Crippen LogP) is 5.27. The van der Waals surface area contributed by atoms with E-state index in [0.717, 1.165) is 5.56 Å². The summed E-state index contributed by atoms with van der Waals surface area (Å²) in [5.74, 6) is 7.34. The Morgan fingerprint density at radius 1 is 0.938 bits per heavy atom. The Kier molecular flexibility index (Phi) is 5.99. The third-order valence-electron chi connectivity index (χ3n) is 5.28. The van der Waals surface area contributed by atoms with Crippen LogP contribution >= 0.6 is 11.6 Å². The first kappa shape index (κ1) is 21.6. The summed E-state index contributed by atoms with van der Waals surface area (Å²) in [6.07, 6.45) is 0. The molecule has 0 amide bonds. The van der Waals surface area contributed by atoms with Gasteiger partial charge < -0.3 is 5.73 Å². The van der Waals surface area contributed by atoms with Crippen molar-refractivity contribution in [2.45, 2.75) is 19.8 Å².